The molecular weight excluding hydrogens is 446 g/mol. The molecule has 0 saturated carbocycles. The molecule has 0 unspecified atom stereocenters. The molecule has 1 aliphatic rings. The molecular formula is C23H25N3O4S2. The van der Waals surface area contributed by atoms with Gasteiger partial charge in [-0.3, -0.25) is 4.72 Å². The lowest BCUT2D eigenvalue weighted by atomic mass is 10.1. The van der Waals surface area contributed by atoms with Crippen LogP contribution in [0.25, 0.3) is 0 Å². The molecule has 9 heteroatoms. The van der Waals surface area contributed by atoms with Crippen molar-refractivity contribution in [3.63, 3.8) is 0 Å². The summed E-state index contributed by atoms with van der Waals surface area (Å²) in [6, 6.07) is 16.4. The van der Waals surface area contributed by atoms with Crippen molar-refractivity contribution in [3.05, 3.63) is 71.1 Å². The molecule has 1 atom stereocenters. The van der Waals surface area contributed by atoms with Crippen LogP contribution in [-0.4, -0.2) is 45.2 Å². The number of benzene rings is 2. The molecule has 1 saturated heterocycles. The number of carboxylic acid groups (broad SMARTS) is 1. The molecule has 0 aliphatic carbocycles. The highest BCUT2D eigenvalue weighted by Gasteiger charge is 2.27. The van der Waals surface area contributed by atoms with Crippen LogP contribution in [0.1, 0.15) is 22.8 Å². The summed E-state index contributed by atoms with van der Waals surface area (Å²) in [7, 11) is -3.75. The second-order valence-corrected chi connectivity index (χ2v) is 10.8. The number of thiophene rings is 1. The van der Waals surface area contributed by atoms with E-state index in [-0.39, 0.29) is 21.5 Å². The first-order chi connectivity index (χ1) is 15.2. The number of sulfonamides is 1. The summed E-state index contributed by atoms with van der Waals surface area (Å²) in [4.78, 5) is 16.4. The van der Waals surface area contributed by atoms with Crippen LogP contribution >= 0.6 is 11.3 Å². The van der Waals surface area contributed by atoms with Crippen molar-refractivity contribution < 1.29 is 18.3 Å². The normalized spacial score (nSPS) is 16.8. The Morgan fingerprint density at radius 2 is 1.94 bits per heavy atom. The minimum atomic E-state index is -3.75. The van der Waals surface area contributed by atoms with Gasteiger partial charge in [0.05, 0.1) is 11.3 Å². The maximum atomic E-state index is 12.5. The highest BCUT2D eigenvalue weighted by molar-refractivity contribution is 7.94. The van der Waals surface area contributed by atoms with Crippen LogP contribution in [0.15, 0.2) is 64.2 Å². The average molecular weight is 472 g/mol. The van der Waals surface area contributed by atoms with Crippen LogP contribution in [0.2, 0.25) is 0 Å². The molecule has 32 heavy (non-hydrogen) atoms. The van der Waals surface area contributed by atoms with Gasteiger partial charge in [0, 0.05) is 37.1 Å². The fraction of sp³-hybridized carbons (Fsp3) is 0.261. The molecule has 2 N–H and O–H groups in total. The standard InChI is InChI=1S/C23H25N3O4S2/c1-16-5-3-6-19(13-16)26-11-10-25(15-17(26)2)21-9-8-18(14-20(21)23(27)28)24-32(29,30)22-7-4-12-31-22/h3-9,12-14,17,24H,10-11,15H2,1-2H3,(H,27,28)/t17-/m1/s1. The highest BCUT2D eigenvalue weighted by Crippen LogP contribution is 2.30. The van der Waals surface area contributed by atoms with Gasteiger partial charge in [0.2, 0.25) is 0 Å². The van der Waals surface area contributed by atoms with Crippen molar-refractivity contribution >= 4 is 44.4 Å². The smallest absolute Gasteiger partial charge is 0.337 e. The van der Waals surface area contributed by atoms with Crippen molar-refractivity contribution in [1.82, 2.24) is 0 Å². The predicted molar refractivity (Wildman–Crippen MR) is 129 cm³/mol. The number of piperazine rings is 1. The van der Waals surface area contributed by atoms with Crippen LogP contribution in [0.5, 0.6) is 0 Å². The largest absolute Gasteiger partial charge is 0.478 e. The SMILES string of the molecule is Cc1cccc(N2CCN(c3ccc(NS(=O)(=O)c4cccs4)cc3C(=O)O)C[C@H]2C)c1. The van der Waals surface area contributed by atoms with Crippen LogP contribution in [-0.2, 0) is 10.0 Å². The molecule has 0 bridgehead atoms. The number of nitrogens with one attached hydrogen (secondary N) is 1. The Balaban J connectivity index is 1.56. The Morgan fingerprint density at radius 3 is 2.59 bits per heavy atom. The molecule has 2 aromatic carbocycles. The maximum absolute atomic E-state index is 12.5. The number of carbonyl (C=O) groups is 1. The van der Waals surface area contributed by atoms with Gasteiger partial charge in [-0.2, -0.15) is 0 Å². The number of rotatable bonds is 6. The van der Waals surface area contributed by atoms with Gasteiger partial charge >= 0.3 is 5.97 Å². The van der Waals surface area contributed by atoms with Crippen molar-refractivity contribution in [1.29, 1.82) is 0 Å². The van der Waals surface area contributed by atoms with E-state index in [2.05, 4.69) is 46.6 Å². The molecule has 1 aromatic heterocycles. The third kappa shape index (κ3) is 4.58. The van der Waals surface area contributed by atoms with E-state index in [1.54, 1.807) is 23.6 Å². The van der Waals surface area contributed by atoms with Gasteiger partial charge in [0.25, 0.3) is 10.0 Å². The maximum Gasteiger partial charge on any atom is 0.337 e. The number of aryl methyl sites for hydroxylation is 1. The third-order valence-corrected chi connectivity index (χ3v) is 8.32. The Kier molecular flexibility index (Phi) is 6.12. The minimum Gasteiger partial charge on any atom is -0.478 e. The topological polar surface area (TPSA) is 90.0 Å². The van der Waals surface area contributed by atoms with Crippen LogP contribution in [0.4, 0.5) is 17.1 Å². The van der Waals surface area contributed by atoms with E-state index in [0.29, 0.717) is 18.8 Å². The summed E-state index contributed by atoms with van der Waals surface area (Å²) in [6.07, 6.45) is 0. The number of nitrogens with zero attached hydrogens (tertiary/aromatic N) is 2. The lowest BCUT2D eigenvalue weighted by Crippen LogP contribution is -2.52. The van der Waals surface area contributed by atoms with Crippen molar-refractivity contribution in [2.75, 3.05) is 34.2 Å². The Hall–Kier alpha value is -3.04. The zero-order chi connectivity index (χ0) is 22.9. The lowest BCUT2D eigenvalue weighted by Gasteiger charge is -2.42. The first kappa shape index (κ1) is 22.2. The highest BCUT2D eigenvalue weighted by atomic mass is 32.2. The van der Waals surface area contributed by atoms with E-state index < -0.39 is 16.0 Å². The zero-order valence-corrected chi connectivity index (χ0v) is 19.5. The van der Waals surface area contributed by atoms with Gasteiger partial charge in [0.1, 0.15) is 4.21 Å². The van der Waals surface area contributed by atoms with E-state index in [4.69, 9.17) is 0 Å². The predicted octanol–water partition coefficient (Wildman–Crippen LogP) is 4.27. The Bertz CT molecular complexity index is 1230. The molecule has 0 spiro atoms. The summed E-state index contributed by atoms with van der Waals surface area (Å²) in [6.45, 7) is 6.28. The van der Waals surface area contributed by atoms with Crippen molar-refractivity contribution in [2.24, 2.45) is 0 Å². The van der Waals surface area contributed by atoms with Gasteiger partial charge in [-0.05, 0) is 61.2 Å². The van der Waals surface area contributed by atoms with Crippen LogP contribution in [0.3, 0.4) is 0 Å². The van der Waals surface area contributed by atoms with Crippen LogP contribution < -0.4 is 14.5 Å². The van der Waals surface area contributed by atoms with Gasteiger partial charge in [-0.15, -0.1) is 11.3 Å². The number of aromatic carboxylic acids is 1. The van der Waals surface area contributed by atoms with E-state index in [0.717, 1.165) is 23.6 Å². The molecule has 168 valence electrons. The molecule has 7 nitrogen and oxygen atoms in total. The van der Waals surface area contributed by atoms with Crippen LogP contribution in [0, 0.1) is 6.92 Å². The van der Waals surface area contributed by atoms with Crippen molar-refractivity contribution in [2.45, 2.75) is 24.1 Å². The Labute approximate surface area is 192 Å². The minimum absolute atomic E-state index is 0.0765. The van der Waals surface area contributed by atoms with Gasteiger partial charge in [-0.25, -0.2) is 13.2 Å². The second kappa shape index (κ2) is 8.84. The molecule has 0 amide bonds. The molecule has 1 aliphatic heterocycles. The van der Waals surface area contributed by atoms with E-state index in [1.165, 1.54) is 17.7 Å². The number of anilines is 3. The summed E-state index contributed by atoms with van der Waals surface area (Å²) in [5.41, 5.74) is 3.26. The summed E-state index contributed by atoms with van der Waals surface area (Å²) < 4.78 is 27.7. The summed E-state index contributed by atoms with van der Waals surface area (Å²) in [5, 5.41) is 11.5. The zero-order valence-electron chi connectivity index (χ0n) is 17.9. The molecule has 4 rings (SSSR count). The number of hydrogen-bond donors (Lipinski definition) is 2. The van der Waals surface area contributed by atoms with E-state index in [1.807, 2.05) is 6.07 Å². The van der Waals surface area contributed by atoms with E-state index in [9.17, 15) is 18.3 Å². The van der Waals surface area contributed by atoms with E-state index >= 15 is 0 Å². The second-order valence-electron chi connectivity index (χ2n) is 7.90. The fourth-order valence-corrected chi connectivity index (χ4v) is 6.08. The van der Waals surface area contributed by atoms with Gasteiger partial charge < -0.3 is 14.9 Å². The first-order valence-electron chi connectivity index (χ1n) is 10.3. The van der Waals surface area contributed by atoms with Crippen molar-refractivity contribution in [3.8, 4) is 0 Å². The van der Waals surface area contributed by atoms with Gasteiger partial charge in [0.15, 0.2) is 0 Å². The number of carboxylic acids is 1. The first-order valence-corrected chi connectivity index (χ1v) is 12.6. The Morgan fingerprint density at radius 1 is 1.12 bits per heavy atom. The van der Waals surface area contributed by atoms with Gasteiger partial charge in [-0.1, -0.05) is 18.2 Å². The molecule has 2 heterocycles. The summed E-state index contributed by atoms with van der Waals surface area (Å²) in [5.74, 6) is -1.09. The quantitative estimate of drug-likeness (QED) is 0.558. The molecule has 0 radical (unpaired) electrons. The average Bonchev–Trinajstić information content (AvgIpc) is 3.29. The third-order valence-electron chi connectivity index (χ3n) is 5.54. The number of hydrogen-bond acceptors (Lipinski definition) is 6. The lowest BCUT2D eigenvalue weighted by molar-refractivity contribution is 0.0697. The molecule has 1 fully saturated rings. The molecule has 3 aromatic rings. The monoisotopic (exact) mass is 471 g/mol. The summed E-state index contributed by atoms with van der Waals surface area (Å²) >= 11 is 1.11. The fourth-order valence-electron chi connectivity index (χ4n) is 4.04.